The molecule has 0 aliphatic carbocycles. The molecule has 116 valence electrons. The highest BCUT2D eigenvalue weighted by Crippen LogP contribution is 2.27. The number of hydrogen-bond acceptors (Lipinski definition) is 4. The van der Waals surface area contributed by atoms with Crippen molar-refractivity contribution in [2.45, 2.75) is 19.1 Å². The van der Waals surface area contributed by atoms with Gasteiger partial charge in [0.15, 0.2) is 0 Å². The van der Waals surface area contributed by atoms with Gasteiger partial charge in [-0.3, -0.25) is 0 Å². The average molecular weight is 318 g/mol. The first-order chi connectivity index (χ1) is 10.7. The maximum atomic E-state index is 11.7. The lowest BCUT2D eigenvalue weighted by atomic mass is 10.0. The zero-order chi connectivity index (χ0) is 15.4. The number of amides is 2. The molecule has 1 aromatic heterocycles. The first kappa shape index (κ1) is 14.9. The molecule has 0 radical (unpaired) electrons. The lowest BCUT2D eigenvalue weighted by molar-refractivity contribution is 0.173. The highest BCUT2D eigenvalue weighted by molar-refractivity contribution is 7.09. The summed E-state index contributed by atoms with van der Waals surface area (Å²) >= 11 is 1.59. The predicted molar refractivity (Wildman–Crippen MR) is 85.2 cm³/mol. The monoisotopic (exact) mass is 318 g/mol. The zero-order valence-corrected chi connectivity index (χ0v) is 12.9. The van der Waals surface area contributed by atoms with E-state index in [9.17, 15) is 9.90 Å². The molecule has 22 heavy (non-hydrogen) atoms. The van der Waals surface area contributed by atoms with Gasteiger partial charge in [0.2, 0.25) is 0 Å². The van der Waals surface area contributed by atoms with Crippen LogP contribution in [0.4, 0.5) is 4.79 Å². The van der Waals surface area contributed by atoms with Crippen molar-refractivity contribution >= 4 is 17.4 Å². The van der Waals surface area contributed by atoms with Gasteiger partial charge in [0, 0.05) is 17.8 Å². The Morgan fingerprint density at radius 2 is 2.27 bits per heavy atom. The molecule has 6 heteroatoms. The minimum Gasteiger partial charge on any atom is -0.493 e. The van der Waals surface area contributed by atoms with Gasteiger partial charge in [-0.05, 0) is 34.7 Å². The van der Waals surface area contributed by atoms with E-state index < -0.39 is 6.10 Å². The third-order valence-corrected chi connectivity index (χ3v) is 4.43. The summed E-state index contributed by atoms with van der Waals surface area (Å²) in [5.74, 6) is 0.887. The van der Waals surface area contributed by atoms with E-state index in [0.717, 1.165) is 28.2 Å². The summed E-state index contributed by atoms with van der Waals surface area (Å²) in [6.07, 6.45) is 0.142. The number of ether oxygens (including phenoxy) is 1. The smallest absolute Gasteiger partial charge is 0.315 e. The second-order valence-corrected chi connectivity index (χ2v) is 6.16. The van der Waals surface area contributed by atoms with Crippen LogP contribution in [0.2, 0.25) is 0 Å². The highest BCUT2D eigenvalue weighted by Gasteiger charge is 2.16. The van der Waals surface area contributed by atoms with Gasteiger partial charge in [0.25, 0.3) is 0 Å². The number of nitrogens with one attached hydrogen (secondary N) is 2. The third-order valence-electron chi connectivity index (χ3n) is 3.56. The second kappa shape index (κ2) is 6.81. The molecule has 2 aromatic rings. The molecule has 0 unspecified atom stereocenters. The fourth-order valence-electron chi connectivity index (χ4n) is 2.36. The summed E-state index contributed by atoms with van der Waals surface area (Å²) in [6.45, 7) is 1.37. The van der Waals surface area contributed by atoms with Crippen molar-refractivity contribution in [3.8, 4) is 5.75 Å². The molecule has 1 aliphatic heterocycles. The molecule has 2 heterocycles. The van der Waals surface area contributed by atoms with Crippen molar-refractivity contribution in [2.75, 3.05) is 13.2 Å². The van der Waals surface area contributed by atoms with Crippen LogP contribution in [0.15, 0.2) is 35.7 Å². The number of benzene rings is 1. The number of urea groups is 1. The normalized spacial score (nSPS) is 14.0. The molecule has 1 atom stereocenters. The van der Waals surface area contributed by atoms with Crippen molar-refractivity contribution in [2.24, 2.45) is 0 Å². The Bertz CT molecular complexity index is 643. The van der Waals surface area contributed by atoms with Gasteiger partial charge in [0.1, 0.15) is 5.75 Å². The number of aliphatic hydroxyl groups is 1. The largest absolute Gasteiger partial charge is 0.493 e. The van der Waals surface area contributed by atoms with Crippen LogP contribution in [0.3, 0.4) is 0 Å². The van der Waals surface area contributed by atoms with Crippen molar-refractivity contribution in [3.05, 3.63) is 51.7 Å². The van der Waals surface area contributed by atoms with Gasteiger partial charge in [-0.1, -0.05) is 12.1 Å². The van der Waals surface area contributed by atoms with Crippen LogP contribution >= 0.6 is 11.3 Å². The fraction of sp³-hybridized carbons (Fsp3) is 0.312. The standard InChI is InChI=1S/C16H18N2O3S/c19-14(11-3-4-15-12(8-11)5-6-21-15)10-18-16(20)17-9-13-2-1-7-22-13/h1-4,7-8,14,19H,5-6,9-10H2,(H2,17,18,20)/t14-/m0/s1. The number of aliphatic hydroxyl groups excluding tert-OH is 1. The maximum absolute atomic E-state index is 11.7. The summed E-state index contributed by atoms with van der Waals surface area (Å²) in [7, 11) is 0. The number of thiophene rings is 1. The quantitative estimate of drug-likeness (QED) is 0.791. The fourth-order valence-corrected chi connectivity index (χ4v) is 3.01. The first-order valence-corrected chi connectivity index (χ1v) is 8.08. The number of fused-ring (bicyclic) bond motifs is 1. The Kier molecular flexibility index (Phi) is 4.60. The van der Waals surface area contributed by atoms with E-state index in [2.05, 4.69) is 10.6 Å². The van der Waals surface area contributed by atoms with Gasteiger partial charge in [-0.25, -0.2) is 4.79 Å². The van der Waals surface area contributed by atoms with Gasteiger partial charge in [-0.2, -0.15) is 0 Å². The summed E-state index contributed by atoms with van der Waals surface area (Å²) in [5.41, 5.74) is 1.90. The van der Waals surface area contributed by atoms with Crippen LogP contribution in [-0.4, -0.2) is 24.3 Å². The van der Waals surface area contributed by atoms with Crippen LogP contribution in [0, 0.1) is 0 Å². The summed E-state index contributed by atoms with van der Waals surface area (Å²) in [6, 6.07) is 9.28. The molecule has 3 N–H and O–H groups in total. The minimum absolute atomic E-state index is 0.177. The van der Waals surface area contributed by atoms with Gasteiger partial charge in [0.05, 0.1) is 19.3 Å². The van der Waals surface area contributed by atoms with E-state index in [0.29, 0.717) is 13.2 Å². The topological polar surface area (TPSA) is 70.6 Å². The van der Waals surface area contributed by atoms with Crippen molar-refractivity contribution in [3.63, 3.8) is 0 Å². The Morgan fingerprint density at radius 1 is 1.36 bits per heavy atom. The van der Waals surface area contributed by atoms with Crippen LogP contribution in [0.5, 0.6) is 5.75 Å². The van der Waals surface area contributed by atoms with Crippen molar-refractivity contribution in [1.82, 2.24) is 10.6 Å². The average Bonchev–Trinajstić information content (AvgIpc) is 3.20. The second-order valence-electron chi connectivity index (χ2n) is 5.12. The van der Waals surface area contributed by atoms with E-state index in [4.69, 9.17) is 4.74 Å². The number of hydrogen-bond donors (Lipinski definition) is 3. The van der Waals surface area contributed by atoms with E-state index in [1.807, 2.05) is 35.7 Å². The predicted octanol–water partition coefficient (Wildman–Crippen LogP) is 2.22. The molecule has 0 spiro atoms. The Hall–Kier alpha value is -2.05. The van der Waals surface area contributed by atoms with Gasteiger partial charge in [-0.15, -0.1) is 11.3 Å². The third kappa shape index (κ3) is 3.58. The Morgan fingerprint density at radius 3 is 3.09 bits per heavy atom. The van der Waals surface area contributed by atoms with E-state index in [1.54, 1.807) is 11.3 Å². The van der Waals surface area contributed by atoms with E-state index >= 15 is 0 Å². The number of carbonyl (C=O) groups excluding carboxylic acids is 1. The molecule has 1 aliphatic rings. The molecule has 0 fully saturated rings. The Labute approximate surface area is 132 Å². The van der Waals surface area contributed by atoms with Crippen LogP contribution in [0.1, 0.15) is 22.1 Å². The maximum Gasteiger partial charge on any atom is 0.315 e. The van der Waals surface area contributed by atoms with E-state index in [-0.39, 0.29) is 12.6 Å². The number of carbonyl (C=O) groups is 1. The summed E-state index contributed by atoms with van der Waals surface area (Å²) < 4.78 is 5.44. The SMILES string of the molecule is O=C(NCc1cccs1)NC[C@H](O)c1ccc2c(c1)CCO2. The molecule has 0 saturated heterocycles. The molecule has 3 rings (SSSR count). The first-order valence-electron chi connectivity index (χ1n) is 7.20. The van der Waals surface area contributed by atoms with Gasteiger partial charge < -0.3 is 20.5 Å². The van der Waals surface area contributed by atoms with Crippen LogP contribution in [-0.2, 0) is 13.0 Å². The molecular formula is C16H18N2O3S. The van der Waals surface area contributed by atoms with Crippen LogP contribution in [0.25, 0.3) is 0 Å². The molecule has 1 aromatic carbocycles. The minimum atomic E-state index is -0.724. The lowest BCUT2D eigenvalue weighted by Gasteiger charge is -2.13. The molecule has 2 amide bonds. The van der Waals surface area contributed by atoms with Crippen molar-refractivity contribution in [1.29, 1.82) is 0 Å². The highest BCUT2D eigenvalue weighted by atomic mass is 32.1. The zero-order valence-electron chi connectivity index (χ0n) is 12.0. The van der Waals surface area contributed by atoms with Crippen LogP contribution < -0.4 is 15.4 Å². The van der Waals surface area contributed by atoms with Crippen molar-refractivity contribution < 1.29 is 14.6 Å². The van der Waals surface area contributed by atoms with E-state index in [1.165, 1.54) is 0 Å². The molecule has 0 bridgehead atoms. The molecular weight excluding hydrogens is 300 g/mol. The lowest BCUT2D eigenvalue weighted by Crippen LogP contribution is -2.37. The summed E-state index contributed by atoms with van der Waals surface area (Å²) in [5, 5.41) is 17.6. The number of rotatable bonds is 5. The molecule has 5 nitrogen and oxygen atoms in total. The molecule has 0 saturated carbocycles. The summed E-state index contributed by atoms with van der Waals surface area (Å²) in [4.78, 5) is 12.8. The van der Waals surface area contributed by atoms with Gasteiger partial charge >= 0.3 is 6.03 Å². The Balaban J connectivity index is 1.47.